The highest BCUT2D eigenvalue weighted by atomic mass is 16.6. The lowest BCUT2D eigenvalue weighted by atomic mass is 9.81. The smallest absolute Gasteiger partial charge is 0.338 e. The van der Waals surface area contributed by atoms with Crippen LogP contribution in [0.2, 0.25) is 0 Å². The van der Waals surface area contributed by atoms with Crippen molar-refractivity contribution in [2.24, 2.45) is 4.99 Å². The van der Waals surface area contributed by atoms with E-state index in [1.165, 1.54) is 4.90 Å². The van der Waals surface area contributed by atoms with Crippen molar-refractivity contribution in [2.75, 3.05) is 71.3 Å². The quantitative estimate of drug-likeness (QED) is 0.0333. The molecule has 10 rings (SSSR count). The van der Waals surface area contributed by atoms with E-state index in [1.54, 1.807) is 35.2 Å². The van der Waals surface area contributed by atoms with Gasteiger partial charge in [0.15, 0.2) is 11.6 Å². The van der Waals surface area contributed by atoms with Gasteiger partial charge in [0.05, 0.1) is 58.4 Å². The maximum atomic E-state index is 14.9. The second kappa shape index (κ2) is 26.6. The monoisotopic (exact) mass is 1110 g/mol. The van der Waals surface area contributed by atoms with Gasteiger partial charge in [-0.3, -0.25) is 34.1 Å². The molecule has 82 heavy (non-hydrogen) atoms. The summed E-state index contributed by atoms with van der Waals surface area (Å²) in [5.41, 5.74) is 6.78. The molecule has 6 aromatic carbocycles. The predicted molar refractivity (Wildman–Crippen MR) is 300 cm³/mol. The zero-order valence-electron chi connectivity index (χ0n) is 45.1. The Bertz CT molecular complexity index is 3320. The highest BCUT2D eigenvalue weighted by Gasteiger charge is 2.57. The molecular formula is C63H62N6O13. The largest absolute Gasteiger partial charge is 0.466 e. The number of aliphatic imine (C=N–C) groups is 1. The third kappa shape index (κ3) is 13.5. The van der Waals surface area contributed by atoms with Crippen LogP contribution in [0, 0.1) is 0 Å². The first-order valence-corrected chi connectivity index (χ1v) is 27.3. The Kier molecular flexibility index (Phi) is 18.3. The molecule has 4 heterocycles. The highest BCUT2D eigenvalue weighted by Crippen LogP contribution is 2.46. The van der Waals surface area contributed by atoms with Crippen LogP contribution in [0.3, 0.4) is 0 Å². The molecule has 0 aliphatic carbocycles. The van der Waals surface area contributed by atoms with Crippen molar-refractivity contribution >= 4 is 53.0 Å². The van der Waals surface area contributed by atoms with Crippen molar-refractivity contribution in [2.45, 2.75) is 56.6 Å². The first-order valence-electron chi connectivity index (χ1n) is 27.3. The van der Waals surface area contributed by atoms with Gasteiger partial charge >= 0.3 is 5.97 Å². The summed E-state index contributed by atoms with van der Waals surface area (Å²) in [4.78, 5) is 98.9. The molecular weight excluding hydrogens is 1050 g/mol. The van der Waals surface area contributed by atoms with Gasteiger partial charge in [-0.2, -0.15) is 0 Å². The van der Waals surface area contributed by atoms with Crippen molar-refractivity contribution in [1.82, 2.24) is 20.4 Å². The number of fused-ring (bicyclic) bond motifs is 4. The number of amides is 6. The van der Waals surface area contributed by atoms with E-state index in [9.17, 15) is 33.6 Å². The first-order chi connectivity index (χ1) is 40.0. The number of rotatable bonds is 25. The number of hydrogen-bond acceptors (Lipinski definition) is 14. The van der Waals surface area contributed by atoms with Crippen LogP contribution in [0.5, 0.6) is 0 Å². The Morgan fingerprint density at radius 2 is 1.34 bits per heavy atom. The second-order valence-corrected chi connectivity index (χ2v) is 20.1. The average Bonchev–Trinajstić information content (AvgIpc) is 4.18. The number of hydrogen-bond donors (Lipinski definition) is 3. The lowest BCUT2D eigenvalue weighted by molar-refractivity contribution is -0.143. The SMILES string of the molecule is O=C(CN1Cc2ccccc2[C@@H]2OC(c3ccccc3)=N[C@]2(Cc2ccccc2)C1=O)NCCOCCOCc1ccc(-c2ccc(C(=O)OCCOCCOCC(=O)Nc3cccc4c3CN(C3CCC(=O)NC3=O)C4=O)cc2)cc1. The van der Waals surface area contributed by atoms with E-state index in [2.05, 4.69) is 16.0 Å². The minimum Gasteiger partial charge on any atom is -0.466 e. The van der Waals surface area contributed by atoms with Crippen LogP contribution in [-0.2, 0) is 78.5 Å². The molecule has 19 nitrogen and oxygen atoms in total. The van der Waals surface area contributed by atoms with E-state index in [4.69, 9.17) is 33.4 Å². The number of anilines is 1. The summed E-state index contributed by atoms with van der Waals surface area (Å²) in [7, 11) is 0. The van der Waals surface area contributed by atoms with Crippen LogP contribution in [0.4, 0.5) is 5.69 Å². The summed E-state index contributed by atoms with van der Waals surface area (Å²) in [6, 6.07) is 46.3. The molecule has 422 valence electrons. The standard InChI is InChI=1S/C63H62N6O13/c70-54-27-26-53(58(73)66-54)69-38-51-50(60(69)74)16-9-17-52(51)65-56(72)41-80-33-31-78-34-35-81-61(75)47-24-22-45(23-25-47)44-20-18-43(19-21-44)40-79-32-30-77-29-28-64-55(71)39-68-37-48-14-7-8-15-49(48)57-63(62(68)76,36-42-10-3-1-4-11-42)67-59(82-57)46-12-5-2-6-13-46/h1-25,53,57H,26-41H2,(H,64,71)(H,65,72)(H,66,70,73)/t53?,57-,63-/m0/s1. The predicted octanol–water partition coefficient (Wildman–Crippen LogP) is 6.13. The van der Waals surface area contributed by atoms with Gasteiger partial charge < -0.3 is 48.9 Å². The number of ether oxygens (including phenoxy) is 6. The number of piperidine rings is 1. The molecule has 3 N–H and O–H groups in total. The molecule has 1 fully saturated rings. The Labute approximate surface area is 473 Å². The van der Waals surface area contributed by atoms with E-state index in [0.717, 1.165) is 38.9 Å². The van der Waals surface area contributed by atoms with Crippen molar-refractivity contribution in [3.05, 3.63) is 196 Å². The highest BCUT2D eigenvalue weighted by molar-refractivity contribution is 6.07. The Morgan fingerprint density at radius 1 is 0.659 bits per heavy atom. The molecule has 6 aromatic rings. The Morgan fingerprint density at radius 3 is 2.11 bits per heavy atom. The van der Waals surface area contributed by atoms with E-state index in [0.29, 0.717) is 54.5 Å². The number of nitrogens with one attached hydrogen (secondary N) is 3. The number of esters is 1. The van der Waals surface area contributed by atoms with Gasteiger partial charge in [0.25, 0.3) is 11.8 Å². The average molecular weight is 1110 g/mol. The first kappa shape index (κ1) is 56.4. The van der Waals surface area contributed by atoms with Crippen molar-refractivity contribution in [1.29, 1.82) is 0 Å². The van der Waals surface area contributed by atoms with Crippen molar-refractivity contribution in [3.63, 3.8) is 0 Å². The maximum Gasteiger partial charge on any atom is 0.338 e. The summed E-state index contributed by atoms with van der Waals surface area (Å²) < 4.78 is 34.6. The number of carbonyl (C=O) groups is 7. The van der Waals surface area contributed by atoms with Crippen LogP contribution < -0.4 is 16.0 Å². The molecule has 4 aliphatic heterocycles. The number of nitrogens with zero attached hydrogens (tertiary/aromatic N) is 3. The Balaban J connectivity index is 0.588. The van der Waals surface area contributed by atoms with Crippen LogP contribution in [-0.4, -0.2) is 135 Å². The fourth-order valence-corrected chi connectivity index (χ4v) is 10.4. The van der Waals surface area contributed by atoms with Gasteiger partial charge in [0.2, 0.25) is 29.5 Å². The summed E-state index contributed by atoms with van der Waals surface area (Å²) in [6.07, 6.45) is -0.0151. The third-order valence-corrected chi connectivity index (χ3v) is 14.5. The molecule has 1 saturated heterocycles. The summed E-state index contributed by atoms with van der Waals surface area (Å²) >= 11 is 0. The zero-order chi connectivity index (χ0) is 56.8. The molecule has 1 unspecified atom stereocenters. The van der Waals surface area contributed by atoms with Crippen LogP contribution in [0.25, 0.3) is 11.1 Å². The third-order valence-electron chi connectivity index (χ3n) is 14.5. The van der Waals surface area contributed by atoms with Gasteiger partial charge in [-0.05, 0) is 70.6 Å². The van der Waals surface area contributed by atoms with Gasteiger partial charge in [0.1, 0.15) is 19.3 Å². The van der Waals surface area contributed by atoms with Crippen molar-refractivity contribution < 1.29 is 62.0 Å². The molecule has 3 atom stereocenters. The molecule has 19 heteroatoms. The molecule has 0 aromatic heterocycles. The number of carbonyl (C=O) groups excluding carboxylic acids is 7. The topological polar surface area (TPSA) is 230 Å². The maximum absolute atomic E-state index is 14.9. The number of benzene rings is 6. The summed E-state index contributed by atoms with van der Waals surface area (Å²) in [5.74, 6) is -2.34. The minimum absolute atomic E-state index is 0.0182. The summed E-state index contributed by atoms with van der Waals surface area (Å²) in [6.45, 7) is 1.89. The zero-order valence-corrected chi connectivity index (χ0v) is 45.1. The van der Waals surface area contributed by atoms with E-state index >= 15 is 0 Å². The second-order valence-electron chi connectivity index (χ2n) is 20.1. The lowest BCUT2D eigenvalue weighted by Crippen LogP contribution is -2.52. The molecule has 0 spiro atoms. The van der Waals surface area contributed by atoms with Gasteiger partial charge in [-0.15, -0.1) is 0 Å². The molecule has 4 aliphatic rings. The van der Waals surface area contributed by atoms with Crippen LogP contribution >= 0.6 is 0 Å². The summed E-state index contributed by atoms with van der Waals surface area (Å²) in [5, 5.41) is 7.96. The molecule has 0 bridgehead atoms. The molecule has 0 saturated carbocycles. The fourth-order valence-electron chi connectivity index (χ4n) is 10.4. The number of imide groups is 1. The molecule has 6 amide bonds. The van der Waals surface area contributed by atoms with Gasteiger partial charge in [0, 0.05) is 60.4 Å². The normalized spacial score (nSPS) is 18.1. The van der Waals surface area contributed by atoms with Crippen LogP contribution in [0.15, 0.2) is 157 Å². The van der Waals surface area contributed by atoms with Crippen molar-refractivity contribution in [3.8, 4) is 11.1 Å². The molecule has 0 radical (unpaired) electrons. The lowest BCUT2D eigenvalue weighted by Gasteiger charge is -2.32. The minimum atomic E-state index is -1.33. The van der Waals surface area contributed by atoms with Crippen LogP contribution in [0.1, 0.15) is 73.0 Å². The van der Waals surface area contributed by atoms with Gasteiger partial charge in [-0.1, -0.05) is 115 Å². The van der Waals surface area contributed by atoms with E-state index in [1.807, 2.05) is 121 Å². The fraction of sp³-hybridized carbons (Fsp3) is 0.302. The van der Waals surface area contributed by atoms with E-state index < -0.39 is 35.5 Å². The Hall–Kier alpha value is -8.88. The van der Waals surface area contributed by atoms with Gasteiger partial charge in [-0.25, -0.2) is 9.79 Å². The van der Waals surface area contributed by atoms with E-state index in [-0.39, 0.29) is 102 Å².